The summed E-state index contributed by atoms with van der Waals surface area (Å²) < 4.78 is 16.6. The van der Waals surface area contributed by atoms with Gasteiger partial charge in [-0.1, -0.05) is 0 Å². The van der Waals surface area contributed by atoms with Crippen molar-refractivity contribution in [2.45, 2.75) is 19.3 Å². The molecule has 4 rings (SSSR count). The highest BCUT2D eigenvalue weighted by Crippen LogP contribution is 2.45. The van der Waals surface area contributed by atoms with Crippen LogP contribution in [0.15, 0.2) is 41.6 Å². The molecule has 2 aliphatic heterocycles. The molecule has 0 saturated carbocycles. The van der Waals surface area contributed by atoms with Crippen molar-refractivity contribution >= 4 is 5.91 Å². The summed E-state index contributed by atoms with van der Waals surface area (Å²) in [7, 11) is 0. The Hall–Kier alpha value is -2.41. The number of hydrogen-bond donors (Lipinski definition) is 0. The molecule has 7 nitrogen and oxygen atoms in total. The molecular weight excluding hydrogens is 334 g/mol. The highest BCUT2D eigenvalue weighted by Gasteiger charge is 2.44. The SMILES string of the molecule is O=C(c1ccoc1)N1CCC2(CCOC[C@H]2COc2cnccn2)CC1. The monoisotopic (exact) mass is 357 g/mol. The van der Waals surface area contributed by atoms with Crippen molar-refractivity contribution in [2.75, 3.05) is 32.9 Å². The Labute approximate surface area is 152 Å². The fraction of sp³-hybridized carbons (Fsp3) is 0.526. The van der Waals surface area contributed by atoms with Crippen LogP contribution in [0.3, 0.4) is 0 Å². The maximum atomic E-state index is 12.5. The molecule has 2 aliphatic rings. The van der Waals surface area contributed by atoms with Crippen molar-refractivity contribution < 1.29 is 18.7 Å². The van der Waals surface area contributed by atoms with Crippen LogP contribution < -0.4 is 4.74 Å². The van der Waals surface area contributed by atoms with Gasteiger partial charge in [-0.25, -0.2) is 4.98 Å². The molecule has 0 radical (unpaired) electrons. The van der Waals surface area contributed by atoms with E-state index < -0.39 is 0 Å². The summed E-state index contributed by atoms with van der Waals surface area (Å²) in [6, 6.07) is 1.72. The van der Waals surface area contributed by atoms with Gasteiger partial charge in [0.1, 0.15) is 6.26 Å². The second-order valence-corrected chi connectivity index (χ2v) is 7.04. The van der Waals surface area contributed by atoms with Crippen molar-refractivity contribution in [3.63, 3.8) is 0 Å². The Morgan fingerprint density at radius 3 is 2.92 bits per heavy atom. The number of carbonyl (C=O) groups is 1. The van der Waals surface area contributed by atoms with Gasteiger partial charge in [-0.2, -0.15) is 0 Å². The number of likely N-dealkylation sites (tertiary alicyclic amines) is 1. The van der Waals surface area contributed by atoms with Gasteiger partial charge in [0, 0.05) is 38.0 Å². The predicted octanol–water partition coefficient (Wildman–Crippen LogP) is 2.41. The Morgan fingerprint density at radius 2 is 2.19 bits per heavy atom. The van der Waals surface area contributed by atoms with Crippen molar-refractivity contribution in [1.82, 2.24) is 14.9 Å². The maximum absolute atomic E-state index is 12.5. The number of ether oxygens (including phenoxy) is 2. The summed E-state index contributed by atoms with van der Waals surface area (Å²) in [6.45, 7) is 3.54. The first kappa shape index (κ1) is 17.0. The Balaban J connectivity index is 1.39. The molecule has 2 aromatic heterocycles. The molecule has 0 unspecified atom stereocenters. The Kier molecular flexibility index (Phi) is 4.88. The lowest BCUT2D eigenvalue weighted by Crippen LogP contribution is -2.50. The maximum Gasteiger partial charge on any atom is 0.257 e. The third-order valence-corrected chi connectivity index (χ3v) is 5.72. The Morgan fingerprint density at radius 1 is 1.31 bits per heavy atom. The van der Waals surface area contributed by atoms with Gasteiger partial charge in [0.25, 0.3) is 5.91 Å². The van der Waals surface area contributed by atoms with E-state index in [2.05, 4.69) is 9.97 Å². The fourth-order valence-corrected chi connectivity index (χ4v) is 4.03. The van der Waals surface area contributed by atoms with Gasteiger partial charge in [-0.15, -0.1) is 0 Å². The molecule has 0 aromatic carbocycles. The smallest absolute Gasteiger partial charge is 0.257 e. The number of amides is 1. The third kappa shape index (κ3) is 3.44. The Bertz CT molecular complexity index is 712. The molecule has 2 saturated heterocycles. The van der Waals surface area contributed by atoms with Crippen LogP contribution in [0.1, 0.15) is 29.6 Å². The van der Waals surface area contributed by atoms with E-state index in [0.29, 0.717) is 30.6 Å². The average molecular weight is 357 g/mol. The lowest BCUT2D eigenvalue weighted by atomic mass is 9.66. The molecule has 7 heteroatoms. The summed E-state index contributed by atoms with van der Waals surface area (Å²) in [6.07, 6.45) is 10.9. The van der Waals surface area contributed by atoms with Crippen molar-refractivity contribution in [3.05, 3.63) is 42.7 Å². The standard InChI is InChI=1S/C19H23N3O4/c23-18(15-1-9-24-12-15)22-7-2-19(3-8-22)4-10-25-13-16(19)14-26-17-11-20-5-6-21-17/h1,5-6,9,11-12,16H,2-4,7-8,10,13-14H2/t16-/m0/s1. The zero-order chi connectivity index (χ0) is 17.8. The van der Waals surface area contributed by atoms with Gasteiger partial charge in [0.2, 0.25) is 5.88 Å². The first-order valence-electron chi connectivity index (χ1n) is 9.05. The van der Waals surface area contributed by atoms with Gasteiger partial charge in [0.05, 0.1) is 31.2 Å². The molecule has 0 aliphatic carbocycles. The summed E-state index contributed by atoms with van der Waals surface area (Å²) >= 11 is 0. The summed E-state index contributed by atoms with van der Waals surface area (Å²) in [5, 5.41) is 0. The first-order valence-corrected chi connectivity index (χ1v) is 9.05. The van der Waals surface area contributed by atoms with Crippen LogP contribution in [-0.4, -0.2) is 53.7 Å². The van der Waals surface area contributed by atoms with Crippen LogP contribution in [0.25, 0.3) is 0 Å². The van der Waals surface area contributed by atoms with E-state index >= 15 is 0 Å². The second-order valence-electron chi connectivity index (χ2n) is 7.04. The molecule has 2 fully saturated rings. The number of carbonyl (C=O) groups excluding carboxylic acids is 1. The van der Waals surface area contributed by atoms with E-state index in [1.54, 1.807) is 24.7 Å². The van der Waals surface area contributed by atoms with Crippen molar-refractivity contribution in [2.24, 2.45) is 11.3 Å². The number of hydrogen-bond acceptors (Lipinski definition) is 6. The van der Waals surface area contributed by atoms with E-state index in [1.807, 2.05) is 4.90 Å². The molecule has 26 heavy (non-hydrogen) atoms. The number of aromatic nitrogens is 2. The van der Waals surface area contributed by atoms with Gasteiger partial charge in [0.15, 0.2) is 0 Å². The second kappa shape index (κ2) is 7.45. The van der Waals surface area contributed by atoms with E-state index in [0.717, 1.165) is 39.0 Å². The highest BCUT2D eigenvalue weighted by molar-refractivity contribution is 5.93. The number of piperidine rings is 1. The molecule has 2 aromatic rings. The molecule has 1 amide bonds. The number of rotatable bonds is 4. The van der Waals surface area contributed by atoms with Gasteiger partial charge in [-0.05, 0) is 30.7 Å². The third-order valence-electron chi connectivity index (χ3n) is 5.72. The minimum Gasteiger partial charge on any atom is -0.476 e. The minimum absolute atomic E-state index is 0.0491. The molecule has 4 heterocycles. The van der Waals surface area contributed by atoms with Gasteiger partial charge in [-0.3, -0.25) is 9.78 Å². The van der Waals surface area contributed by atoms with Crippen LogP contribution in [0.5, 0.6) is 5.88 Å². The summed E-state index contributed by atoms with van der Waals surface area (Å²) in [5.41, 5.74) is 0.781. The first-order chi connectivity index (χ1) is 12.8. The van der Waals surface area contributed by atoms with Crippen LogP contribution in [0, 0.1) is 11.3 Å². The highest BCUT2D eigenvalue weighted by atomic mass is 16.5. The zero-order valence-corrected chi connectivity index (χ0v) is 14.7. The van der Waals surface area contributed by atoms with E-state index in [-0.39, 0.29) is 11.3 Å². The largest absolute Gasteiger partial charge is 0.476 e. The number of nitrogens with zero attached hydrogens (tertiary/aromatic N) is 3. The molecule has 0 N–H and O–H groups in total. The molecule has 1 spiro atoms. The molecular formula is C19H23N3O4. The quantitative estimate of drug-likeness (QED) is 0.836. The number of furan rings is 1. The lowest BCUT2D eigenvalue weighted by molar-refractivity contribution is -0.0826. The van der Waals surface area contributed by atoms with Crippen molar-refractivity contribution in [1.29, 1.82) is 0 Å². The zero-order valence-electron chi connectivity index (χ0n) is 14.7. The summed E-state index contributed by atoms with van der Waals surface area (Å²) in [5.74, 6) is 0.887. The van der Waals surface area contributed by atoms with Crippen molar-refractivity contribution in [3.8, 4) is 5.88 Å². The van der Waals surface area contributed by atoms with Crippen LogP contribution in [0.2, 0.25) is 0 Å². The minimum atomic E-state index is 0.0491. The predicted molar refractivity (Wildman–Crippen MR) is 92.7 cm³/mol. The lowest BCUT2D eigenvalue weighted by Gasteiger charge is -2.48. The average Bonchev–Trinajstić information content (AvgIpc) is 3.23. The van der Waals surface area contributed by atoms with Gasteiger partial charge >= 0.3 is 0 Å². The normalized spacial score (nSPS) is 22.3. The van der Waals surface area contributed by atoms with Gasteiger partial charge < -0.3 is 18.8 Å². The van der Waals surface area contributed by atoms with E-state index in [9.17, 15) is 4.79 Å². The van der Waals surface area contributed by atoms with Crippen LogP contribution in [0.4, 0.5) is 0 Å². The molecule has 1 atom stereocenters. The fourth-order valence-electron chi connectivity index (χ4n) is 4.03. The topological polar surface area (TPSA) is 77.7 Å². The van der Waals surface area contributed by atoms with Crippen LogP contribution >= 0.6 is 0 Å². The molecule has 0 bridgehead atoms. The summed E-state index contributed by atoms with van der Waals surface area (Å²) in [4.78, 5) is 22.7. The molecule has 138 valence electrons. The van der Waals surface area contributed by atoms with E-state index in [1.165, 1.54) is 12.5 Å². The van der Waals surface area contributed by atoms with E-state index in [4.69, 9.17) is 13.9 Å². The van der Waals surface area contributed by atoms with Crippen LogP contribution in [-0.2, 0) is 4.74 Å².